The van der Waals surface area contributed by atoms with Crippen molar-refractivity contribution >= 4 is 35.1 Å². The summed E-state index contributed by atoms with van der Waals surface area (Å²) in [6.45, 7) is 3.18. The number of carboxylic acid groups (broad SMARTS) is 1. The van der Waals surface area contributed by atoms with Crippen molar-refractivity contribution in [2.24, 2.45) is 0 Å². The van der Waals surface area contributed by atoms with E-state index >= 15 is 0 Å². The topological polar surface area (TPSA) is 99.8 Å². The quantitative estimate of drug-likeness (QED) is 0.441. The Kier molecular flexibility index (Phi) is 5.10. The Hall–Kier alpha value is -4.46. The first-order valence-corrected chi connectivity index (χ1v) is 12.0. The van der Waals surface area contributed by atoms with Gasteiger partial charge in [0.05, 0.1) is 6.20 Å². The van der Waals surface area contributed by atoms with Crippen LogP contribution in [0.4, 0.5) is 11.5 Å². The standard InChI is InChI=1S/C28H25N5O3/c1-18-6-2-5-9-23(18)31-25-20(16-29-24-21(27(35)36)17-30-33(24)25)26(34)32-14-12-28(13-15-32)11-10-19-7-3-4-8-22(19)28/h2-11,16-17,31H,12-15H2,1H3,(H,35,36). The summed E-state index contributed by atoms with van der Waals surface area (Å²) in [5, 5.41) is 17.1. The van der Waals surface area contributed by atoms with Gasteiger partial charge in [-0.3, -0.25) is 4.79 Å². The molecular formula is C28H25N5O3. The fraction of sp³-hybridized carbons (Fsp3) is 0.214. The lowest BCUT2D eigenvalue weighted by atomic mass is 9.74. The number of hydrogen-bond acceptors (Lipinski definition) is 5. The van der Waals surface area contributed by atoms with Crippen molar-refractivity contribution in [1.82, 2.24) is 19.5 Å². The molecule has 4 aromatic rings. The first kappa shape index (κ1) is 22.0. The van der Waals surface area contributed by atoms with E-state index in [0.29, 0.717) is 24.5 Å². The number of piperidine rings is 1. The molecule has 1 saturated heterocycles. The van der Waals surface area contributed by atoms with Crippen LogP contribution in [0.2, 0.25) is 0 Å². The fourth-order valence-electron chi connectivity index (χ4n) is 5.35. The molecule has 1 aliphatic carbocycles. The summed E-state index contributed by atoms with van der Waals surface area (Å²) in [6.07, 6.45) is 8.88. The average Bonchev–Trinajstić information content (AvgIpc) is 3.48. The van der Waals surface area contributed by atoms with Crippen LogP contribution in [0.5, 0.6) is 0 Å². The largest absolute Gasteiger partial charge is 0.477 e. The van der Waals surface area contributed by atoms with Gasteiger partial charge in [0.25, 0.3) is 5.91 Å². The summed E-state index contributed by atoms with van der Waals surface area (Å²) in [5.74, 6) is -0.874. The SMILES string of the molecule is Cc1ccccc1Nc1c(C(=O)N2CCC3(C=Cc4ccccc43)CC2)cnc2c(C(=O)O)cnn12. The number of benzene rings is 2. The molecule has 2 N–H and O–H groups in total. The lowest BCUT2D eigenvalue weighted by molar-refractivity contribution is 0.0685. The molecule has 8 heteroatoms. The van der Waals surface area contributed by atoms with Crippen LogP contribution < -0.4 is 5.32 Å². The van der Waals surface area contributed by atoms with E-state index in [1.54, 1.807) is 0 Å². The van der Waals surface area contributed by atoms with Crippen LogP contribution in [-0.4, -0.2) is 49.6 Å². The number of carbonyl (C=O) groups is 2. The zero-order chi connectivity index (χ0) is 24.9. The van der Waals surface area contributed by atoms with Crippen LogP contribution >= 0.6 is 0 Å². The van der Waals surface area contributed by atoms with Crippen molar-refractivity contribution in [3.05, 3.63) is 94.8 Å². The van der Waals surface area contributed by atoms with Gasteiger partial charge in [0, 0.05) is 30.4 Å². The second-order valence-electron chi connectivity index (χ2n) is 9.43. The van der Waals surface area contributed by atoms with E-state index in [1.165, 1.54) is 28.0 Å². The van der Waals surface area contributed by atoms with Gasteiger partial charge in [-0.25, -0.2) is 9.78 Å². The molecule has 6 rings (SSSR count). The van der Waals surface area contributed by atoms with Gasteiger partial charge in [0.1, 0.15) is 16.9 Å². The maximum absolute atomic E-state index is 13.8. The van der Waals surface area contributed by atoms with Crippen molar-refractivity contribution in [1.29, 1.82) is 0 Å². The molecule has 1 fully saturated rings. The Morgan fingerprint density at radius 2 is 1.75 bits per heavy atom. The van der Waals surface area contributed by atoms with E-state index in [2.05, 4.69) is 51.8 Å². The highest BCUT2D eigenvalue weighted by Gasteiger charge is 2.39. The summed E-state index contributed by atoms with van der Waals surface area (Å²) in [7, 11) is 0. The number of aromatic carboxylic acids is 1. The molecule has 0 saturated carbocycles. The second kappa shape index (κ2) is 8.34. The van der Waals surface area contributed by atoms with Gasteiger partial charge in [-0.2, -0.15) is 9.61 Å². The minimum Gasteiger partial charge on any atom is -0.477 e. The molecule has 1 spiro atoms. The molecule has 0 unspecified atom stereocenters. The molecule has 0 bridgehead atoms. The lowest BCUT2D eigenvalue weighted by Crippen LogP contribution is -2.44. The number of amides is 1. The lowest BCUT2D eigenvalue weighted by Gasteiger charge is -2.39. The highest BCUT2D eigenvalue weighted by Crippen LogP contribution is 2.44. The number of carboxylic acids is 1. The summed E-state index contributed by atoms with van der Waals surface area (Å²) in [6, 6.07) is 16.2. The minimum atomic E-state index is -1.12. The summed E-state index contributed by atoms with van der Waals surface area (Å²) in [5.41, 5.74) is 4.85. The maximum Gasteiger partial charge on any atom is 0.341 e. The summed E-state index contributed by atoms with van der Waals surface area (Å²) >= 11 is 0. The molecule has 1 amide bonds. The molecule has 2 aromatic heterocycles. The molecule has 8 nitrogen and oxygen atoms in total. The third-order valence-electron chi connectivity index (χ3n) is 7.41. The number of anilines is 2. The molecule has 180 valence electrons. The van der Waals surface area contributed by atoms with Gasteiger partial charge in [-0.05, 0) is 42.5 Å². The molecule has 3 heterocycles. The van der Waals surface area contributed by atoms with Crippen LogP contribution in [-0.2, 0) is 5.41 Å². The van der Waals surface area contributed by atoms with Crippen LogP contribution in [0.25, 0.3) is 11.7 Å². The molecule has 2 aromatic carbocycles. The van der Waals surface area contributed by atoms with Gasteiger partial charge in [-0.15, -0.1) is 0 Å². The van der Waals surface area contributed by atoms with Crippen LogP contribution in [0.15, 0.2) is 67.0 Å². The molecule has 36 heavy (non-hydrogen) atoms. The van der Waals surface area contributed by atoms with Gasteiger partial charge in [0.2, 0.25) is 0 Å². The Balaban J connectivity index is 1.35. The number of nitrogens with one attached hydrogen (secondary N) is 1. The highest BCUT2D eigenvalue weighted by atomic mass is 16.4. The molecule has 2 aliphatic rings. The maximum atomic E-state index is 13.8. The van der Waals surface area contributed by atoms with Crippen molar-refractivity contribution in [2.75, 3.05) is 18.4 Å². The molecular weight excluding hydrogens is 454 g/mol. The number of hydrogen-bond donors (Lipinski definition) is 2. The van der Waals surface area contributed by atoms with Gasteiger partial charge < -0.3 is 15.3 Å². The van der Waals surface area contributed by atoms with E-state index < -0.39 is 5.97 Å². The van der Waals surface area contributed by atoms with Gasteiger partial charge in [-0.1, -0.05) is 54.6 Å². The van der Waals surface area contributed by atoms with Crippen LogP contribution in [0.3, 0.4) is 0 Å². The van der Waals surface area contributed by atoms with Crippen LogP contribution in [0, 0.1) is 6.92 Å². The number of fused-ring (bicyclic) bond motifs is 3. The summed E-state index contributed by atoms with van der Waals surface area (Å²) in [4.78, 5) is 31.7. The Morgan fingerprint density at radius 3 is 2.53 bits per heavy atom. The normalized spacial score (nSPS) is 15.9. The number of carbonyl (C=O) groups excluding carboxylic acids is 1. The van der Waals surface area contributed by atoms with Crippen molar-refractivity contribution in [3.8, 4) is 0 Å². The van der Waals surface area contributed by atoms with Crippen molar-refractivity contribution < 1.29 is 14.7 Å². The zero-order valence-electron chi connectivity index (χ0n) is 19.8. The number of likely N-dealkylation sites (tertiary alicyclic amines) is 1. The highest BCUT2D eigenvalue weighted by molar-refractivity contribution is 6.01. The average molecular weight is 480 g/mol. The monoisotopic (exact) mass is 479 g/mol. The van der Waals surface area contributed by atoms with Crippen molar-refractivity contribution in [2.45, 2.75) is 25.2 Å². The first-order chi connectivity index (χ1) is 17.5. The first-order valence-electron chi connectivity index (χ1n) is 12.0. The third kappa shape index (κ3) is 3.45. The summed E-state index contributed by atoms with van der Waals surface area (Å²) < 4.78 is 1.41. The number of aromatic nitrogens is 3. The van der Waals surface area contributed by atoms with E-state index in [-0.39, 0.29) is 22.5 Å². The van der Waals surface area contributed by atoms with Crippen molar-refractivity contribution in [3.63, 3.8) is 0 Å². The van der Waals surface area contributed by atoms with E-state index in [0.717, 1.165) is 24.1 Å². The Bertz CT molecular complexity index is 1550. The number of rotatable bonds is 4. The fourth-order valence-corrected chi connectivity index (χ4v) is 5.35. The predicted octanol–water partition coefficient (Wildman–Crippen LogP) is 4.68. The molecule has 0 radical (unpaired) electrons. The van der Waals surface area contributed by atoms with Gasteiger partial charge in [0.15, 0.2) is 5.65 Å². The second-order valence-corrected chi connectivity index (χ2v) is 9.43. The number of nitrogens with zero attached hydrogens (tertiary/aromatic N) is 4. The van der Waals surface area contributed by atoms with Gasteiger partial charge >= 0.3 is 5.97 Å². The number of para-hydroxylation sites is 1. The van der Waals surface area contributed by atoms with E-state index in [4.69, 9.17) is 0 Å². The number of allylic oxidation sites excluding steroid dienone is 1. The van der Waals surface area contributed by atoms with Crippen LogP contribution in [0.1, 0.15) is 50.2 Å². The van der Waals surface area contributed by atoms with E-state index in [9.17, 15) is 14.7 Å². The predicted molar refractivity (Wildman–Crippen MR) is 137 cm³/mol. The molecule has 1 aliphatic heterocycles. The molecule has 0 atom stereocenters. The Morgan fingerprint density at radius 1 is 1.00 bits per heavy atom. The minimum absolute atomic E-state index is 0.0200. The van der Waals surface area contributed by atoms with E-state index in [1.807, 2.05) is 36.1 Å². The smallest absolute Gasteiger partial charge is 0.341 e. The Labute approximate surface area is 207 Å². The zero-order valence-corrected chi connectivity index (χ0v) is 19.8. The third-order valence-corrected chi connectivity index (χ3v) is 7.41. The number of aryl methyl sites for hydroxylation is 1.